The number of carboxylic acid groups (broad SMARTS) is 1. The van der Waals surface area contributed by atoms with Crippen LogP contribution in [0.1, 0.15) is 67.2 Å². The van der Waals surface area contributed by atoms with Gasteiger partial charge in [0.25, 0.3) is 0 Å². The summed E-state index contributed by atoms with van der Waals surface area (Å²) in [5, 5.41) is 9.60. The summed E-state index contributed by atoms with van der Waals surface area (Å²) in [7, 11) is 0. The van der Waals surface area contributed by atoms with Gasteiger partial charge < -0.3 is 9.84 Å². The van der Waals surface area contributed by atoms with Crippen LogP contribution in [-0.2, 0) is 14.3 Å². The van der Waals surface area contributed by atoms with Crippen molar-refractivity contribution in [2.75, 3.05) is 6.61 Å². The lowest BCUT2D eigenvalue weighted by atomic mass is 9.65. The average Bonchev–Trinajstić information content (AvgIpc) is 2.35. The topological polar surface area (TPSA) is 63.6 Å². The Bertz CT molecular complexity index is 336. The Morgan fingerprint density at radius 3 is 2.00 bits per heavy atom. The maximum Gasteiger partial charge on any atom is 0.312 e. The number of esters is 1. The van der Waals surface area contributed by atoms with Gasteiger partial charge >= 0.3 is 11.9 Å². The molecule has 2 atom stereocenters. The smallest absolute Gasteiger partial charge is 0.312 e. The maximum absolute atomic E-state index is 12.6. The Hall–Kier alpha value is -1.06. The van der Waals surface area contributed by atoms with Crippen LogP contribution in [0.3, 0.4) is 0 Å². The van der Waals surface area contributed by atoms with Crippen LogP contribution in [0, 0.1) is 23.2 Å². The number of carbonyl (C=O) groups is 2. The van der Waals surface area contributed by atoms with Gasteiger partial charge in [0.2, 0.25) is 0 Å². The first kappa shape index (κ1) is 19.9. The Morgan fingerprint density at radius 2 is 1.67 bits per heavy atom. The highest BCUT2D eigenvalue weighted by atomic mass is 16.5. The van der Waals surface area contributed by atoms with Crippen LogP contribution in [0.5, 0.6) is 0 Å². The third-order valence-corrected chi connectivity index (χ3v) is 4.00. The van der Waals surface area contributed by atoms with Gasteiger partial charge in [-0.05, 0) is 44.4 Å². The molecule has 0 aromatic rings. The predicted octanol–water partition coefficient (Wildman–Crippen LogP) is 4.13. The van der Waals surface area contributed by atoms with Gasteiger partial charge in [0.05, 0.1) is 17.9 Å². The summed E-state index contributed by atoms with van der Waals surface area (Å²) in [6.45, 7) is 12.1. The molecule has 0 aliphatic heterocycles. The average molecular weight is 300 g/mol. The van der Waals surface area contributed by atoms with Crippen molar-refractivity contribution in [1.82, 2.24) is 0 Å². The summed E-state index contributed by atoms with van der Waals surface area (Å²) >= 11 is 0. The summed E-state index contributed by atoms with van der Waals surface area (Å²) in [6.07, 6.45) is 2.41. The molecule has 0 amide bonds. The van der Waals surface area contributed by atoms with E-state index in [2.05, 4.69) is 13.8 Å². The molecular formula is C17H32O4. The molecule has 4 nitrogen and oxygen atoms in total. The van der Waals surface area contributed by atoms with E-state index < -0.39 is 17.3 Å². The molecule has 1 N–H and O–H groups in total. The molecule has 4 heteroatoms. The van der Waals surface area contributed by atoms with E-state index in [1.165, 1.54) is 0 Å². The minimum atomic E-state index is -0.908. The fourth-order valence-electron chi connectivity index (χ4n) is 3.10. The molecule has 0 aliphatic carbocycles. The van der Waals surface area contributed by atoms with E-state index in [1.807, 2.05) is 20.8 Å². The third-order valence-electron chi connectivity index (χ3n) is 4.00. The standard InChI is InChI=1S/C17H32O4/c1-7-14(15(18)19)17(11-13(5)6,10-9-12(3)4)16(20)21-8-2/h12-14H,7-11H2,1-6H3,(H,18,19). The molecular weight excluding hydrogens is 268 g/mol. The van der Waals surface area contributed by atoms with Crippen LogP contribution in [0.4, 0.5) is 0 Å². The zero-order valence-electron chi connectivity index (χ0n) is 14.4. The van der Waals surface area contributed by atoms with Crippen LogP contribution < -0.4 is 0 Å². The van der Waals surface area contributed by atoms with Crippen LogP contribution >= 0.6 is 0 Å². The molecule has 0 spiro atoms. The molecule has 124 valence electrons. The van der Waals surface area contributed by atoms with Crippen molar-refractivity contribution in [2.24, 2.45) is 23.2 Å². The lowest BCUT2D eigenvalue weighted by Gasteiger charge is -2.38. The number of carbonyl (C=O) groups excluding carboxylic acids is 1. The fraction of sp³-hybridized carbons (Fsp3) is 0.882. The van der Waals surface area contributed by atoms with Crippen molar-refractivity contribution in [1.29, 1.82) is 0 Å². The van der Waals surface area contributed by atoms with Gasteiger partial charge in [-0.2, -0.15) is 0 Å². The normalized spacial score (nSPS) is 15.8. The summed E-state index contributed by atoms with van der Waals surface area (Å²) < 4.78 is 5.27. The number of carboxylic acids is 1. The number of aliphatic carboxylic acids is 1. The van der Waals surface area contributed by atoms with Gasteiger partial charge in [-0.3, -0.25) is 9.59 Å². The van der Waals surface area contributed by atoms with E-state index in [4.69, 9.17) is 4.74 Å². The predicted molar refractivity (Wildman–Crippen MR) is 84.0 cm³/mol. The van der Waals surface area contributed by atoms with E-state index in [-0.39, 0.29) is 18.5 Å². The Labute approximate surface area is 129 Å². The van der Waals surface area contributed by atoms with E-state index >= 15 is 0 Å². The quantitative estimate of drug-likeness (QED) is 0.616. The molecule has 0 saturated heterocycles. The van der Waals surface area contributed by atoms with Crippen molar-refractivity contribution in [3.05, 3.63) is 0 Å². The Balaban J connectivity index is 5.67. The summed E-state index contributed by atoms with van der Waals surface area (Å²) in [5.74, 6) is -1.24. The first-order chi connectivity index (χ1) is 9.71. The Morgan fingerprint density at radius 1 is 1.10 bits per heavy atom. The second-order valence-electron chi connectivity index (χ2n) is 6.71. The zero-order chi connectivity index (χ0) is 16.6. The van der Waals surface area contributed by atoms with Crippen molar-refractivity contribution in [3.8, 4) is 0 Å². The van der Waals surface area contributed by atoms with Crippen molar-refractivity contribution in [2.45, 2.75) is 67.2 Å². The maximum atomic E-state index is 12.6. The van der Waals surface area contributed by atoms with Gasteiger partial charge in [-0.15, -0.1) is 0 Å². The number of ether oxygens (including phenoxy) is 1. The van der Waals surface area contributed by atoms with Gasteiger partial charge in [-0.1, -0.05) is 34.6 Å². The second kappa shape index (κ2) is 9.06. The minimum absolute atomic E-state index is 0.245. The Kier molecular flexibility index (Phi) is 8.60. The third kappa shape index (κ3) is 5.68. The van der Waals surface area contributed by atoms with Gasteiger partial charge in [-0.25, -0.2) is 0 Å². The highest BCUT2D eigenvalue weighted by Gasteiger charge is 2.49. The molecule has 21 heavy (non-hydrogen) atoms. The largest absolute Gasteiger partial charge is 0.481 e. The molecule has 0 heterocycles. The molecule has 0 aliphatic rings. The van der Waals surface area contributed by atoms with Crippen molar-refractivity contribution in [3.63, 3.8) is 0 Å². The number of hydrogen-bond acceptors (Lipinski definition) is 3. The lowest BCUT2D eigenvalue weighted by Crippen LogP contribution is -2.45. The summed E-state index contributed by atoms with van der Waals surface area (Å²) in [6, 6.07) is 0. The monoisotopic (exact) mass is 300 g/mol. The molecule has 0 saturated carbocycles. The molecule has 0 aromatic heterocycles. The lowest BCUT2D eigenvalue weighted by molar-refractivity contribution is -0.170. The van der Waals surface area contributed by atoms with E-state index in [0.717, 1.165) is 6.42 Å². The van der Waals surface area contributed by atoms with Crippen molar-refractivity contribution >= 4 is 11.9 Å². The van der Waals surface area contributed by atoms with Crippen LogP contribution in [-0.4, -0.2) is 23.7 Å². The van der Waals surface area contributed by atoms with Gasteiger partial charge in [0.15, 0.2) is 0 Å². The number of hydrogen-bond donors (Lipinski definition) is 1. The summed E-state index contributed by atoms with van der Waals surface area (Å²) in [4.78, 5) is 24.3. The van der Waals surface area contributed by atoms with E-state index in [9.17, 15) is 14.7 Å². The highest BCUT2D eigenvalue weighted by molar-refractivity contribution is 5.84. The molecule has 0 radical (unpaired) electrons. The van der Waals surface area contributed by atoms with E-state index in [1.54, 1.807) is 6.92 Å². The van der Waals surface area contributed by atoms with Crippen LogP contribution in [0.2, 0.25) is 0 Å². The summed E-state index contributed by atoms with van der Waals surface area (Å²) in [5.41, 5.74) is -0.908. The molecule has 0 aromatic carbocycles. The zero-order valence-corrected chi connectivity index (χ0v) is 14.4. The molecule has 0 rings (SSSR count). The first-order valence-corrected chi connectivity index (χ1v) is 8.11. The van der Waals surface area contributed by atoms with Crippen molar-refractivity contribution < 1.29 is 19.4 Å². The second-order valence-corrected chi connectivity index (χ2v) is 6.71. The molecule has 0 fully saturated rings. The molecule has 2 unspecified atom stereocenters. The van der Waals surface area contributed by atoms with Gasteiger partial charge in [0.1, 0.15) is 0 Å². The minimum Gasteiger partial charge on any atom is -0.481 e. The fourth-order valence-corrected chi connectivity index (χ4v) is 3.10. The molecule has 0 bridgehead atoms. The van der Waals surface area contributed by atoms with Gasteiger partial charge in [0, 0.05) is 0 Å². The highest BCUT2D eigenvalue weighted by Crippen LogP contribution is 2.43. The van der Waals surface area contributed by atoms with Crippen LogP contribution in [0.15, 0.2) is 0 Å². The van der Waals surface area contributed by atoms with E-state index in [0.29, 0.717) is 25.2 Å². The van der Waals surface area contributed by atoms with Crippen LogP contribution in [0.25, 0.3) is 0 Å². The SMILES string of the molecule is CCOC(=O)C(CCC(C)C)(CC(C)C)C(CC)C(=O)O. The number of rotatable bonds is 10. The first-order valence-electron chi connectivity index (χ1n) is 8.11.